The maximum absolute atomic E-state index is 13.8. The highest BCUT2D eigenvalue weighted by molar-refractivity contribution is 6.05. The number of carbonyl (C=O) groups excluding carboxylic acids is 1. The number of rotatable bonds is 7. The molecule has 0 saturated heterocycles. The number of hydrogen-bond acceptors (Lipinski definition) is 5. The van der Waals surface area contributed by atoms with Crippen LogP contribution in [0.2, 0.25) is 0 Å². The number of aromatic nitrogens is 3. The van der Waals surface area contributed by atoms with Crippen LogP contribution in [0.5, 0.6) is 5.75 Å². The van der Waals surface area contributed by atoms with Crippen molar-refractivity contribution in [2.45, 2.75) is 52.1 Å². The van der Waals surface area contributed by atoms with Crippen LogP contribution in [-0.2, 0) is 6.54 Å². The molecule has 174 valence electrons. The highest BCUT2D eigenvalue weighted by Crippen LogP contribution is 2.40. The van der Waals surface area contributed by atoms with Gasteiger partial charge in [0.25, 0.3) is 11.5 Å². The molecule has 1 N–H and O–H groups in total. The molecule has 3 aromatic rings. The Labute approximate surface area is 192 Å². The summed E-state index contributed by atoms with van der Waals surface area (Å²) in [6, 6.07) is 8.97. The van der Waals surface area contributed by atoms with E-state index in [4.69, 9.17) is 9.72 Å². The average Bonchev–Trinajstić information content (AvgIpc) is 3.64. The minimum atomic E-state index is -0.591. The van der Waals surface area contributed by atoms with Crippen LogP contribution < -0.4 is 16.0 Å². The Bertz CT molecular complexity index is 1320. The number of amides is 1. The molecule has 2 aromatic heterocycles. The van der Waals surface area contributed by atoms with Gasteiger partial charge < -0.3 is 9.64 Å². The standard InChI is InChI=1S/C25H30N4O4/c1-14(2)13-29-22-21(23(30)27-25(29)32)18(12-19(26-22)16-10-11-16)24(31)28(4)15(3)17-8-6-7-9-20(17)33-5/h6-9,12,14-16H,10-11,13H2,1-5H3,(H,27,30,32). The molecule has 1 amide bonds. The number of ether oxygens (including phenoxy) is 1. The third kappa shape index (κ3) is 4.29. The van der Waals surface area contributed by atoms with Gasteiger partial charge in [-0.15, -0.1) is 0 Å². The molecular formula is C25H30N4O4. The lowest BCUT2D eigenvalue weighted by Crippen LogP contribution is -2.35. The van der Waals surface area contributed by atoms with Gasteiger partial charge in [0.05, 0.1) is 24.1 Å². The van der Waals surface area contributed by atoms with E-state index in [1.54, 1.807) is 25.1 Å². The van der Waals surface area contributed by atoms with Crippen LogP contribution in [0.3, 0.4) is 0 Å². The fourth-order valence-corrected chi connectivity index (χ4v) is 4.17. The summed E-state index contributed by atoms with van der Waals surface area (Å²) < 4.78 is 6.95. The number of H-pyrrole nitrogens is 1. The van der Waals surface area contributed by atoms with E-state index in [1.165, 1.54) is 4.57 Å². The molecule has 1 fully saturated rings. The van der Waals surface area contributed by atoms with Crippen molar-refractivity contribution in [2.75, 3.05) is 14.2 Å². The second kappa shape index (κ2) is 8.84. The summed E-state index contributed by atoms with van der Waals surface area (Å²) in [5, 5.41) is 0.156. The minimum Gasteiger partial charge on any atom is -0.496 e. The van der Waals surface area contributed by atoms with Crippen LogP contribution in [0.4, 0.5) is 0 Å². The molecule has 0 bridgehead atoms. The van der Waals surface area contributed by atoms with Crippen molar-refractivity contribution in [2.24, 2.45) is 5.92 Å². The smallest absolute Gasteiger partial charge is 0.330 e. The van der Waals surface area contributed by atoms with Crippen LogP contribution in [0.1, 0.15) is 67.2 Å². The van der Waals surface area contributed by atoms with E-state index in [0.717, 1.165) is 24.1 Å². The van der Waals surface area contributed by atoms with Gasteiger partial charge in [0.1, 0.15) is 5.75 Å². The maximum atomic E-state index is 13.8. The topological polar surface area (TPSA) is 97.3 Å². The number of nitrogens with one attached hydrogen (secondary N) is 1. The molecule has 1 atom stereocenters. The third-order valence-corrected chi connectivity index (χ3v) is 6.23. The molecule has 1 aliphatic carbocycles. The lowest BCUT2D eigenvalue weighted by Gasteiger charge is -2.27. The molecule has 1 aliphatic rings. The zero-order valence-electron chi connectivity index (χ0n) is 19.7. The molecule has 4 rings (SSSR count). The number of hydrogen-bond donors (Lipinski definition) is 1. The van der Waals surface area contributed by atoms with E-state index in [-0.39, 0.29) is 40.4 Å². The number of carbonyl (C=O) groups is 1. The van der Waals surface area contributed by atoms with Crippen molar-refractivity contribution in [1.82, 2.24) is 19.4 Å². The van der Waals surface area contributed by atoms with Gasteiger partial charge in [0, 0.05) is 30.8 Å². The van der Waals surface area contributed by atoms with Gasteiger partial charge in [-0.05, 0) is 37.8 Å². The van der Waals surface area contributed by atoms with E-state index >= 15 is 0 Å². The lowest BCUT2D eigenvalue weighted by atomic mass is 10.0. The fourth-order valence-electron chi connectivity index (χ4n) is 4.17. The predicted molar refractivity (Wildman–Crippen MR) is 127 cm³/mol. The van der Waals surface area contributed by atoms with Gasteiger partial charge in [-0.2, -0.15) is 0 Å². The van der Waals surface area contributed by atoms with Gasteiger partial charge >= 0.3 is 5.69 Å². The van der Waals surface area contributed by atoms with Gasteiger partial charge in [0.2, 0.25) is 0 Å². The molecule has 8 heteroatoms. The molecular weight excluding hydrogens is 420 g/mol. The Morgan fingerprint density at radius 3 is 2.58 bits per heavy atom. The molecule has 0 aliphatic heterocycles. The Morgan fingerprint density at radius 1 is 1.24 bits per heavy atom. The first-order valence-electron chi connectivity index (χ1n) is 11.3. The third-order valence-electron chi connectivity index (χ3n) is 6.23. The Morgan fingerprint density at radius 2 is 1.94 bits per heavy atom. The zero-order valence-corrected chi connectivity index (χ0v) is 19.7. The molecule has 1 unspecified atom stereocenters. The summed E-state index contributed by atoms with van der Waals surface area (Å²) in [5.41, 5.74) is 1.07. The van der Waals surface area contributed by atoms with Crippen molar-refractivity contribution < 1.29 is 9.53 Å². The average molecular weight is 451 g/mol. The van der Waals surface area contributed by atoms with E-state index in [1.807, 2.05) is 45.0 Å². The molecule has 1 aromatic carbocycles. The van der Waals surface area contributed by atoms with Crippen LogP contribution in [0.25, 0.3) is 11.0 Å². The largest absolute Gasteiger partial charge is 0.496 e. The Hall–Kier alpha value is -3.42. The number of para-hydroxylation sites is 1. The minimum absolute atomic E-state index is 0.156. The second-order valence-electron chi connectivity index (χ2n) is 9.17. The number of pyridine rings is 1. The summed E-state index contributed by atoms with van der Waals surface area (Å²) >= 11 is 0. The number of benzene rings is 1. The number of fused-ring (bicyclic) bond motifs is 1. The monoisotopic (exact) mass is 450 g/mol. The van der Waals surface area contributed by atoms with Crippen molar-refractivity contribution in [3.63, 3.8) is 0 Å². The summed E-state index contributed by atoms with van der Waals surface area (Å²) in [4.78, 5) is 48.0. The van der Waals surface area contributed by atoms with Crippen molar-refractivity contribution >= 4 is 16.9 Å². The Kier molecular flexibility index (Phi) is 6.10. The molecule has 0 spiro atoms. The van der Waals surface area contributed by atoms with E-state index < -0.39 is 11.2 Å². The molecule has 33 heavy (non-hydrogen) atoms. The van der Waals surface area contributed by atoms with Gasteiger partial charge in [-0.1, -0.05) is 32.0 Å². The van der Waals surface area contributed by atoms with Gasteiger partial charge in [0.15, 0.2) is 5.65 Å². The fraction of sp³-hybridized carbons (Fsp3) is 0.440. The summed E-state index contributed by atoms with van der Waals surface area (Å²) in [5.74, 6) is 0.796. The number of methoxy groups -OCH3 is 1. The number of aromatic amines is 1. The van der Waals surface area contributed by atoms with Crippen molar-refractivity contribution in [1.29, 1.82) is 0 Å². The maximum Gasteiger partial charge on any atom is 0.330 e. The normalized spacial score (nSPS) is 14.5. The molecule has 2 heterocycles. The van der Waals surface area contributed by atoms with Crippen LogP contribution in [0, 0.1) is 5.92 Å². The van der Waals surface area contributed by atoms with Gasteiger partial charge in [-0.25, -0.2) is 9.78 Å². The highest BCUT2D eigenvalue weighted by atomic mass is 16.5. The molecule has 0 radical (unpaired) electrons. The van der Waals surface area contributed by atoms with E-state index in [0.29, 0.717) is 12.3 Å². The van der Waals surface area contributed by atoms with E-state index in [9.17, 15) is 14.4 Å². The Balaban J connectivity index is 1.88. The summed E-state index contributed by atoms with van der Waals surface area (Å²) in [7, 11) is 3.31. The predicted octanol–water partition coefficient (Wildman–Crippen LogP) is 3.46. The van der Waals surface area contributed by atoms with Crippen LogP contribution in [0.15, 0.2) is 39.9 Å². The first-order valence-corrected chi connectivity index (χ1v) is 11.3. The van der Waals surface area contributed by atoms with Crippen molar-refractivity contribution in [3.8, 4) is 5.75 Å². The zero-order chi connectivity index (χ0) is 23.9. The summed E-state index contributed by atoms with van der Waals surface area (Å²) in [6.45, 7) is 6.29. The first kappa shape index (κ1) is 22.8. The van der Waals surface area contributed by atoms with E-state index in [2.05, 4.69) is 4.98 Å². The lowest BCUT2D eigenvalue weighted by molar-refractivity contribution is 0.0742. The second-order valence-corrected chi connectivity index (χ2v) is 9.17. The molecule has 1 saturated carbocycles. The van der Waals surface area contributed by atoms with Gasteiger partial charge in [-0.3, -0.25) is 19.1 Å². The SMILES string of the molecule is COc1ccccc1C(C)N(C)C(=O)c1cc(C2CC2)nc2c1c(=O)[nH]c(=O)n2CC(C)C. The van der Waals surface area contributed by atoms with Crippen LogP contribution >= 0.6 is 0 Å². The summed E-state index contributed by atoms with van der Waals surface area (Å²) in [6.07, 6.45) is 1.97. The molecule has 8 nitrogen and oxygen atoms in total. The van der Waals surface area contributed by atoms with Crippen LogP contribution in [-0.4, -0.2) is 39.5 Å². The quantitative estimate of drug-likeness (QED) is 0.595. The highest BCUT2D eigenvalue weighted by Gasteiger charge is 2.30. The number of nitrogens with zero attached hydrogens (tertiary/aromatic N) is 3. The van der Waals surface area contributed by atoms with Crippen molar-refractivity contribution in [3.05, 3.63) is 68.0 Å². The first-order chi connectivity index (χ1) is 15.7.